The zero-order chi connectivity index (χ0) is 21.7. The van der Waals surface area contributed by atoms with Crippen LogP contribution >= 0.6 is 11.5 Å². The van der Waals surface area contributed by atoms with E-state index in [2.05, 4.69) is 14.9 Å². The number of carbonyl (C=O) groups excluding carboxylic acids is 2. The Bertz CT molecular complexity index is 1010. The molecule has 1 aliphatic heterocycles. The van der Waals surface area contributed by atoms with Crippen molar-refractivity contribution in [3.8, 4) is 5.75 Å². The molecule has 1 aromatic carbocycles. The van der Waals surface area contributed by atoms with Gasteiger partial charge in [-0.2, -0.15) is 4.31 Å². The largest absolute Gasteiger partial charge is 0.497 e. The first-order valence-electron chi connectivity index (χ1n) is 9.31. The van der Waals surface area contributed by atoms with E-state index in [9.17, 15) is 18.0 Å². The normalized spacial score (nSPS) is 17.3. The van der Waals surface area contributed by atoms with Gasteiger partial charge >= 0.3 is 5.97 Å². The number of nitrogens with one attached hydrogen (secondary N) is 1. The number of hydrogen-bond acceptors (Lipinski definition) is 9. The van der Waals surface area contributed by atoms with Crippen molar-refractivity contribution in [1.82, 2.24) is 13.9 Å². The van der Waals surface area contributed by atoms with Gasteiger partial charge < -0.3 is 14.8 Å². The van der Waals surface area contributed by atoms with Gasteiger partial charge in [0.1, 0.15) is 5.75 Å². The zero-order valence-corrected chi connectivity index (χ0v) is 18.2. The van der Waals surface area contributed by atoms with Crippen LogP contribution < -0.4 is 10.1 Å². The summed E-state index contributed by atoms with van der Waals surface area (Å²) < 4.78 is 40.9. The highest BCUT2D eigenvalue weighted by Gasteiger charge is 2.34. The van der Waals surface area contributed by atoms with E-state index in [1.54, 1.807) is 19.1 Å². The van der Waals surface area contributed by atoms with Crippen molar-refractivity contribution in [3.63, 3.8) is 0 Å². The number of sulfonamides is 1. The fourth-order valence-corrected chi connectivity index (χ4v) is 5.18. The number of esters is 1. The third-order valence-electron chi connectivity index (χ3n) is 4.65. The molecule has 12 heteroatoms. The maximum atomic E-state index is 13.0. The molecule has 0 radical (unpaired) electrons. The van der Waals surface area contributed by atoms with E-state index >= 15 is 0 Å². The molecule has 30 heavy (non-hydrogen) atoms. The molecule has 1 aliphatic rings. The molecule has 3 rings (SSSR count). The van der Waals surface area contributed by atoms with Crippen LogP contribution in [0.4, 0.5) is 5.00 Å². The van der Waals surface area contributed by atoms with Gasteiger partial charge in [-0.15, -0.1) is 5.10 Å². The summed E-state index contributed by atoms with van der Waals surface area (Å²) in [6, 6.07) is 6.11. The van der Waals surface area contributed by atoms with Crippen LogP contribution in [0.3, 0.4) is 0 Å². The van der Waals surface area contributed by atoms with E-state index in [1.165, 1.54) is 23.5 Å². The minimum absolute atomic E-state index is 0.0428. The highest BCUT2D eigenvalue weighted by molar-refractivity contribution is 7.89. The van der Waals surface area contributed by atoms with Gasteiger partial charge in [-0.05, 0) is 44.0 Å². The number of piperidine rings is 1. The molecular weight excluding hydrogens is 432 g/mol. The molecule has 0 bridgehead atoms. The summed E-state index contributed by atoms with van der Waals surface area (Å²) in [6.07, 6.45) is 1.07. The topological polar surface area (TPSA) is 128 Å². The standard InChI is InChI=1S/C18H22N4O6S2/c1-3-28-18(24)15-17(29-21-20-15)19-16(23)12-5-4-10-22(11-12)30(25,26)14-8-6-13(27-2)7-9-14/h6-9,12H,3-5,10-11H2,1-2H3,(H,19,23). The first-order chi connectivity index (χ1) is 14.4. The molecule has 1 fully saturated rings. The van der Waals surface area contributed by atoms with Crippen molar-refractivity contribution < 1.29 is 27.5 Å². The monoisotopic (exact) mass is 454 g/mol. The average molecular weight is 455 g/mol. The van der Waals surface area contributed by atoms with Gasteiger partial charge in [0.2, 0.25) is 21.6 Å². The number of aromatic nitrogens is 2. The minimum atomic E-state index is -3.74. The highest BCUT2D eigenvalue weighted by Crippen LogP contribution is 2.27. The fourth-order valence-electron chi connectivity index (χ4n) is 3.09. The van der Waals surface area contributed by atoms with Gasteiger partial charge in [0.15, 0.2) is 5.00 Å². The van der Waals surface area contributed by atoms with E-state index in [1.807, 2.05) is 0 Å². The van der Waals surface area contributed by atoms with Crippen LogP contribution in [-0.4, -0.2) is 61.0 Å². The number of nitrogens with zero attached hydrogens (tertiary/aromatic N) is 3. The average Bonchev–Trinajstić information content (AvgIpc) is 3.22. The quantitative estimate of drug-likeness (QED) is 0.627. The summed E-state index contributed by atoms with van der Waals surface area (Å²) in [6.45, 7) is 2.20. The van der Waals surface area contributed by atoms with Crippen LogP contribution in [0, 0.1) is 5.92 Å². The second-order valence-electron chi connectivity index (χ2n) is 6.54. The summed E-state index contributed by atoms with van der Waals surface area (Å²) >= 11 is 0.865. The molecule has 1 unspecified atom stereocenters. The van der Waals surface area contributed by atoms with E-state index in [-0.39, 0.29) is 34.6 Å². The van der Waals surface area contributed by atoms with Crippen molar-refractivity contribution >= 4 is 38.4 Å². The summed E-state index contributed by atoms with van der Waals surface area (Å²) in [5.74, 6) is -1.07. The van der Waals surface area contributed by atoms with Crippen LogP contribution in [0.2, 0.25) is 0 Å². The number of ether oxygens (including phenoxy) is 2. The van der Waals surface area contributed by atoms with Crippen molar-refractivity contribution in [2.24, 2.45) is 5.92 Å². The molecule has 0 spiro atoms. The van der Waals surface area contributed by atoms with E-state index < -0.39 is 21.9 Å². The van der Waals surface area contributed by atoms with Crippen molar-refractivity contribution in [2.75, 3.05) is 32.1 Å². The van der Waals surface area contributed by atoms with E-state index in [4.69, 9.17) is 9.47 Å². The lowest BCUT2D eigenvalue weighted by Crippen LogP contribution is -2.43. The Morgan fingerprint density at radius 3 is 2.70 bits per heavy atom. The SMILES string of the molecule is CCOC(=O)c1nnsc1NC(=O)C1CCCN(S(=O)(=O)c2ccc(OC)cc2)C1. The zero-order valence-electron chi connectivity index (χ0n) is 16.5. The predicted molar refractivity (Wildman–Crippen MR) is 109 cm³/mol. The van der Waals surface area contributed by atoms with Gasteiger partial charge in [-0.1, -0.05) is 4.49 Å². The first-order valence-corrected chi connectivity index (χ1v) is 11.5. The molecule has 10 nitrogen and oxygen atoms in total. The van der Waals surface area contributed by atoms with Crippen LogP contribution in [0.25, 0.3) is 0 Å². The Morgan fingerprint density at radius 2 is 2.03 bits per heavy atom. The van der Waals surface area contributed by atoms with Crippen molar-refractivity contribution in [2.45, 2.75) is 24.7 Å². The predicted octanol–water partition coefficient (Wildman–Crippen LogP) is 1.76. The van der Waals surface area contributed by atoms with Gasteiger partial charge in [0, 0.05) is 24.6 Å². The summed E-state index contributed by atoms with van der Waals surface area (Å²) in [5.41, 5.74) is -0.0614. The number of methoxy groups -OCH3 is 1. The number of benzene rings is 1. The van der Waals surface area contributed by atoms with Crippen LogP contribution in [0.15, 0.2) is 29.2 Å². The smallest absolute Gasteiger partial charge is 0.362 e. The molecule has 1 atom stereocenters. The highest BCUT2D eigenvalue weighted by atomic mass is 32.2. The van der Waals surface area contributed by atoms with Crippen molar-refractivity contribution in [3.05, 3.63) is 30.0 Å². The molecule has 1 aromatic heterocycles. The number of amides is 1. The lowest BCUT2D eigenvalue weighted by Gasteiger charge is -2.31. The maximum Gasteiger partial charge on any atom is 0.362 e. The number of rotatable bonds is 7. The molecule has 162 valence electrons. The van der Waals surface area contributed by atoms with E-state index in [0.717, 1.165) is 11.5 Å². The molecule has 2 aromatic rings. The second kappa shape index (κ2) is 9.49. The summed E-state index contributed by atoms with van der Waals surface area (Å²) in [7, 11) is -2.24. The molecule has 1 amide bonds. The number of anilines is 1. The third kappa shape index (κ3) is 4.77. The molecule has 1 N–H and O–H groups in total. The maximum absolute atomic E-state index is 13.0. The molecule has 0 aliphatic carbocycles. The minimum Gasteiger partial charge on any atom is -0.497 e. The Morgan fingerprint density at radius 1 is 1.30 bits per heavy atom. The Balaban J connectivity index is 1.70. The van der Waals surface area contributed by atoms with Gasteiger partial charge in [0.05, 0.1) is 24.5 Å². The second-order valence-corrected chi connectivity index (χ2v) is 9.23. The van der Waals surface area contributed by atoms with Crippen molar-refractivity contribution in [1.29, 1.82) is 0 Å². The Hall–Kier alpha value is -2.57. The van der Waals surface area contributed by atoms with Gasteiger partial charge in [-0.3, -0.25) is 4.79 Å². The first kappa shape index (κ1) is 22.1. The fraction of sp³-hybridized carbons (Fsp3) is 0.444. The Labute approximate surface area is 178 Å². The molecular formula is C18H22N4O6S2. The molecule has 0 saturated carbocycles. The van der Waals surface area contributed by atoms with E-state index in [0.29, 0.717) is 25.1 Å². The lowest BCUT2D eigenvalue weighted by atomic mass is 9.99. The number of hydrogen-bond donors (Lipinski definition) is 1. The lowest BCUT2D eigenvalue weighted by molar-refractivity contribution is -0.120. The van der Waals surface area contributed by atoms with Gasteiger partial charge in [-0.25, -0.2) is 13.2 Å². The van der Waals surface area contributed by atoms with Crippen LogP contribution in [-0.2, 0) is 19.6 Å². The molecule has 1 saturated heterocycles. The molecule has 2 heterocycles. The van der Waals surface area contributed by atoms with Crippen LogP contribution in [0.1, 0.15) is 30.3 Å². The summed E-state index contributed by atoms with van der Waals surface area (Å²) in [4.78, 5) is 24.8. The Kier molecular flexibility index (Phi) is 7.00. The number of carbonyl (C=O) groups is 2. The summed E-state index contributed by atoms with van der Waals surface area (Å²) in [5, 5.41) is 6.53. The van der Waals surface area contributed by atoms with Gasteiger partial charge in [0.25, 0.3) is 0 Å². The van der Waals surface area contributed by atoms with Crippen LogP contribution in [0.5, 0.6) is 5.75 Å². The third-order valence-corrected chi connectivity index (χ3v) is 7.17.